The molecular formula is C14H21N3O2. The molecule has 0 spiro atoms. The largest absolute Gasteiger partial charge is 0.481 e. The van der Waals surface area contributed by atoms with Crippen LogP contribution in [0.2, 0.25) is 0 Å². The van der Waals surface area contributed by atoms with E-state index in [1.54, 1.807) is 0 Å². The van der Waals surface area contributed by atoms with Gasteiger partial charge in [-0.2, -0.15) is 0 Å². The Bertz CT molecular complexity index is 397. The van der Waals surface area contributed by atoms with E-state index in [0.29, 0.717) is 12.6 Å². The van der Waals surface area contributed by atoms with Crippen LogP contribution in [-0.2, 0) is 11.3 Å². The van der Waals surface area contributed by atoms with Crippen LogP contribution < -0.4 is 5.32 Å². The van der Waals surface area contributed by atoms with Crippen molar-refractivity contribution < 1.29 is 9.90 Å². The summed E-state index contributed by atoms with van der Waals surface area (Å²) in [7, 11) is 0. The fraction of sp³-hybridized carbons (Fsp3) is 0.571. The molecule has 104 valence electrons. The molecule has 0 aliphatic carbocycles. The lowest BCUT2D eigenvalue weighted by molar-refractivity contribution is -0.136. The monoisotopic (exact) mass is 263 g/mol. The van der Waals surface area contributed by atoms with Gasteiger partial charge in [-0.15, -0.1) is 0 Å². The molecule has 2 N–H and O–H groups in total. The summed E-state index contributed by atoms with van der Waals surface area (Å²) in [5.74, 6) is -0.742. The maximum Gasteiger partial charge on any atom is 0.304 e. The van der Waals surface area contributed by atoms with Gasteiger partial charge in [-0.3, -0.25) is 14.7 Å². The van der Waals surface area contributed by atoms with Crippen LogP contribution in [0, 0.1) is 0 Å². The van der Waals surface area contributed by atoms with Gasteiger partial charge < -0.3 is 10.4 Å². The molecule has 0 aromatic carbocycles. The van der Waals surface area contributed by atoms with Gasteiger partial charge in [0.2, 0.25) is 0 Å². The molecule has 2 heterocycles. The summed E-state index contributed by atoms with van der Waals surface area (Å²) in [5.41, 5.74) is 1.09. The SMILES string of the molecule is O=C(O)CCNC1CCCN(Cc2ccccn2)C1. The highest BCUT2D eigenvalue weighted by molar-refractivity contribution is 5.66. The molecule has 0 bridgehead atoms. The third-order valence-corrected chi connectivity index (χ3v) is 3.39. The first-order valence-corrected chi connectivity index (χ1v) is 6.81. The molecule has 1 unspecified atom stereocenters. The fourth-order valence-electron chi connectivity index (χ4n) is 2.47. The first-order chi connectivity index (χ1) is 9.24. The van der Waals surface area contributed by atoms with Crippen molar-refractivity contribution in [3.05, 3.63) is 30.1 Å². The minimum atomic E-state index is -0.742. The molecule has 5 nitrogen and oxygen atoms in total. The lowest BCUT2D eigenvalue weighted by Gasteiger charge is -2.33. The van der Waals surface area contributed by atoms with Gasteiger partial charge in [-0.1, -0.05) is 6.07 Å². The molecule has 0 amide bonds. The van der Waals surface area contributed by atoms with Crippen molar-refractivity contribution in [3.63, 3.8) is 0 Å². The second-order valence-corrected chi connectivity index (χ2v) is 4.99. The number of pyridine rings is 1. The van der Waals surface area contributed by atoms with Gasteiger partial charge >= 0.3 is 5.97 Å². The number of hydrogen-bond donors (Lipinski definition) is 2. The van der Waals surface area contributed by atoms with E-state index in [1.807, 2.05) is 24.4 Å². The van der Waals surface area contributed by atoms with Crippen LogP contribution in [0.4, 0.5) is 0 Å². The molecule has 0 saturated carbocycles. The quantitative estimate of drug-likeness (QED) is 0.805. The molecule has 2 rings (SSSR count). The summed E-state index contributed by atoms with van der Waals surface area (Å²) in [5, 5.41) is 12.0. The molecular weight excluding hydrogens is 242 g/mol. The number of nitrogens with one attached hydrogen (secondary N) is 1. The van der Waals surface area contributed by atoms with Crippen molar-refractivity contribution in [3.8, 4) is 0 Å². The molecule has 19 heavy (non-hydrogen) atoms. The van der Waals surface area contributed by atoms with Gasteiger partial charge in [0, 0.05) is 31.9 Å². The minimum Gasteiger partial charge on any atom is -0.481 e. The van der Waals surface area contributed by atoms with Crippen LogP contribution in [0.3, 0.4) is 0 Å². The van der Waals surface area contributed by atoms with E-state index in [-0.39, 0.29) is 6.42 Å². The molecule has 1 fully saturated rings. The molecule has 1 aliphatic rings. The van der Waals surface area contributed by atoms with Crippen molar-refractivity contribution >= 4 is 5.97 Å². The van der Waals surface area contributed by atoms with Crippen LogP contribution in [0.5, 0.6) is 0 Å². The van der Waals surface area contributed by atoms with E-state index in [1.165, 1.54) is 0 Å². The summed E-state index contributed by atoms with van der Waals surface area (Å²) in [4.78, 5) is 17.2. The Morgan fingerprint density at radius 1 is 1.53 bits per heavy atom. The number of likely N-dealkylation sites (tertiary alicyclic amines) is 1. The Labute approximate surface area is 113 Å². The lowest BCUT2D eigenvalue weighted by Crippen LogP contribution is -2.45. The van der Waals surface area contributed by atoms with Gasteiger partial charge in [0.05, 0.1) is 12.1 Å². The standard InChI is InChI=1S/C14H21N3O2/c18-14(19)6-8-16-13-5-3-9-17(11-13)10-12-4-1-2-7-15-12/h1-2,4,7,13,16H,3,5-6,8-11H2,(H,18,19). The van der Waals surface area contributed by atoms with E-state index in [0.717, 1.165) is 38.2 Å². The molecule has 5 heteroatoms. The first kappa shape index (κ1) is 14.0. The highest BCUT2D eigenvalue weighted by atomic mass is 16.4. The molecule has 1 aromatic rings. The maximum absolute atomic E-state index is 10.5. The normalized spacial score (nSPS) is 20.3. The second-order valence-electron chi connectivity index (χ2n) is 4.99. The lowest BCUT2D eigenvalue weighted by atomic mass is 10.1. The Kier molecular flexibility index (Phi) is 5.30. The van der Waals surface area contributed by atoms with E-state index < -0.39 is 5.97 Å². The highest BCUT2D eigenvalue weighted by Gasteiger charge is 2.19. The van der Waals surface area contributed by atoms with Crippen LogP contribution >= 0.6 is 0 Å². The van der Waals surface area contributed by atoms with Crippen LogP contribution in [0.1, 0.15) is 25.0 Å². The summed E-state index contributed by atoms with van der Waals surface area (Å²) >= 11 is 0. The zero-order valence-electron chi connectivity index (χ0n) is 11.1. The van der Waals surface area contributed by atoms with Crippen molar-refractivity contribution in [1.29, 1.82) is 0 Å². The number of rotatable bonds is 6. The number of carboxylic acids is 1. The first-order valence-electron chi connectivity index (χ1n) is 6.81. The van der Waals surface area contributed by atoms with Crippen molar-refractivity contribution in [2.24, 2.45) is 0 Å². The number of aliphatic carboxylic acids is 1. The summed E-state index contributed by atoms with van der Waals surface area (Å²) in [6.07, 6.45) is 4.29. The predicted octanol–water partition coefficient (Wildman–Crippen LogP) is 1.11. The second kappa shape index (κ2) is 7.21. The van der Waals surface area contributed by atoms with E-state index >= 15 is 0 Å². The Morgan fingerprint density at radius 3 is 3.16 bits per heavy atom. The van der Waals surface area contributed by atoms with Crippen molar-refractivity contribution in [2.45, 2.75) is 31.8 Å². The van der Waals surface area contributed by atoms with Crippen molar-refractivity contribution in [2.75, 3.05) is 19.6 Å². The maximum atomic E-state index is 10.5. The minimum absolute atomic E-state index is 0.191. The molecule has 1 atom stereocenters. The Morgan fingerprint density at radius 2 is 2.42 bits per heavy atom. The molecule has 0 radical (unpaired) electrons. The van der Waals surface area contributed by atoms with E-state index in [2.05, 4.69) is 15.2 Å². The third kappa shape index (κ3) is 4.96. The number of carboxylic acid groups (broad SMARTS) is 1. The van der Waals surface area contributed by atoms with Gasteiger partial charge in [0.25, 0.3) is 0 Å². The van der Waals surface area contributed by atoms with Gasteiger partial charge in [0.1, 0.15) is 0 Å². The highest BCUT2D eigenvalue weighted by Crippen LogP contribution is 2.12. The van der Waals surface area contributed by atoms with Crippen LogP contribution in [-0.4, -0.2) is 46.6 Å². The molecule has 1 aliphatic heterocycles. The molecule has 1 saturated heterocycles. The number of aromatic nitrogens is 1. The van der Waals surface area contributed by atoms with Gasteiger partial charge in [-0.05, 0) is 31.5 Å². The number of hydrogen-bond acceptors (Lipinski definition) is 4. The smallest absolute Gasteiger partial charge is 0.304 e. The van der Waals surface area contributed by atoms with Gasteiger partial charge in [0.15, 0.2) is 0 Å². The summed E-state index contributed by atoms with van der Waals surface area (Å²) < 4.78 is 0. The number of carbonyl (C=O) groups is 1. The van der Waals surface area contributed by atoms with E-state index in [4.69, 9.17) is 5.11 Å². The Balaban J connectivity index is 1.75. The number of piperidine rings is 1. The summed E-state index contributed by atoms with van der Waals surface area (Å²) in [6, 6.07) is 6.38. The fourth-order valence-corrected chi connectivity index (χ4v) is 2.47. The third-order valence-electron chi connectivity index (χ3n) is 3.39. The Hall–Kier alpha value is -1.46. The van der Waals surface area contributed by atoms with Gasteiger partial charge in [-0.25, -0.2) is 0 Å². The molecule has 1 aromatic heterocycles. The number of nitrogens with zero attached hydrogens (tertiary/aromatic N) is 2. The zero-order chi connectivity index (χ0) is 13.5. The van der Waals surface area contributed by atoms with Crippen molar-refractivity contribution in [1.82, 2.24) is 15.2 Å². The van der Waals surface area contributed by atoms with Crippen LogP contribution in [0.15, 0.2) is 24.4 Å². The predicted molar refractivity (Wildman–Crippen MR) is 72.8 cm³/mol. The average molecular weight is 263 g/mol. The average Bonchev–Trinajstić information content (AvgIpc) is 2.40. The zero-order valence-corrected chi connectivity index (χ0v) is 11.1. The van der Waals surface area contributed by atoms with Crippen LogP contribution in [0.25, 0.3) is 0 Å². The topological polar surface area (TPSA) is 65.5 Å². The summed E-state index contributed by atoms with van der Waals surface area (Å²) in [6.45, 7) is 3.49. The van der Waals surface area contributed by atoms with E-state index in [9.17, 15) is 4.79 Å².